The second kappa shape index (κ2) is 8.48. The van der Waals surface area contributed by atoms with Gasteiger partial charge in [-0.15, -0.1) is 0 Å². The van der Waals surface area contributed by atoms with E-state index in [2.05, 4.69) is 113 Å². The van der Waals surface area contributed by atoms with Crippen molar-refractivity contribution < 1.29 is 0 Å². The Kier molecular flexibility index (Phi) is 4.61. The van der Waals surface area contributed by atoms with Crippen LogP contribution in [0.4, 0.5) is 0 Å². The Bertz CT molecular complexity index is 2390. The summed E-state index contributed by atoms with van der Waals surface area (Å²) in [5.41, 5.74) is 6.89. The second-order valence-corrected chi connectivity index (χ2v) is 10.7. The molecule has 3 heteroatoms. The molecule has 3 aromatic heterocycles. The van der Waals surface area contributed by atoms with E-state index in [1.807, 2.05) is 36.7 Å². The number of fused-ring (bicyclic) bond motifs is 3. The summed E-state index contributed by atoms with van der Waals surface area (Å²) < 4.78 is 2.14. The molecule has 0 radical (unpaired) electrons. The molecule has 0 N–H and O–H groups in total. The molecule has 0 aliphatic heterocycles. The van der Waals surface area contributed by atoms with Crippen LogP contribution in [-0.4, -0.2) is 14.5 Å². The minimum Gasteiger partial charge on any atom is -0.278 e. The van der Waals surface area contributed by atoms with Crippen LogP contribution in [0.25, 0.3) is 82.3 Å². The zero-order valence-electron chi connectivity index (χ0n) is 22.1. The number of pyridine rings is 2. The largest absolute Gasteiger partial charge is 0.278 e. The molecule has 0 fully saturated rings. The molecule has 0 atom stereocenters. The summed E-state index contributed by atoms with van der Waals surface area (Å²) in [4.78, 5) is 9.33. The molecule has 9 rings (SSSR count). The average Bonchev–Trinajstić information content (AvgIpc) is 3.38. The van der Waals surface area contributed by atoms with E-state index in [1.165, 1.54) is 60.0 Å². The van der Waals surface area contributed by atoms with Gasteiger partial charge in [-0.25, -0.2) is 9.97 Å². The van der Waals surface area contributed by atoms with Crippen LogP contribution >= 0.6 is 0 Å². The summed E-state index contributed by atoms with van der Waals surface area (Å²) >= 11 is 0. The normalized spacial score (nSPS) is 11.9. The quantitative estimate of drug-likeness (QED) is 0.217. The summed E-state index contributed by atoms with van der Waals surface area (Å²) in [5, 5.41) is 10.2. The molecule has 0 amide bonds. The Morgan fingerprint density at radius 2 is 1.17 bits per heavy atom. The molecule has 0 spiro atoms. The predicted molar refractivity (Wildman–Crippen MR) is 171 cm³/mol. The van der Waals surface area contributed by atoms with Crippen LogP contribution in [0.3, 0.4) is 0 Å². The number of rotatable bonds is 3. The molecule has 9 aromatic rings. The smallest absolute Gasteiger partial charge is 0.146 e. The van der Waals surface area contributed by atoms with Crippen LogP contribution in [0.1, 0.15) is 0 Å². The van der Waals surface area contributed by atoms with E-state index in [9.17, 15) is 0 Å². The third kappa shape index (κ3) is 3.26. The molecule has 0 aliphatic carbocycles. The highest BCUT2D eigenvalue weighted by Crippen LogP contribution is 2.40. The van der Waals surface area contributed by atoms with Crippen molar-refractivity contribution in [3.8, 4) is 28.1 Å². The Balaban J connectivity index is 1.17. The first-order chi connectivity index (χ1) is 20.3. The van der Waals surface area contributed by atoms with E-state index >= 15 is 0 Å². The van der Waals surface area contributed by atoms with Gasteiger partial charge in [0.15, 0.2) is 0 Å². The van der Waals surface area contributed by atoms with Gasteiger partial charge in [-0.05, 0) is 91.0 Å². The van der Waals surface area contributed by atoms with Crippen LogP contribution < -0.4 is 0 Å². The van der Waals surface area contributed by atoms with E-state index in [1.54, 1.807) is 0 Å². The highest BCUT2D eigenvalue weighted by atomic mass is 15.1. The minimum atomic E-state index is 0.872. The zero-order valence-corrected chi connectivity index (χ0v) is 22.1. The van der Waals surface area contributed by atoms with Crippen LogP contribution in [0, 0.1) is 0 Å². The minimum absolute atomic E-state index is 0.872. The molecule has 6 aromatic carbocycles. The Hall–Kier alpha value is -5.54. The molecule has 0 unspecified atom stereocenters. The van der Waals surface area contributed by atoms with Gasteiger partial charge in [0, 0.05) is 23.2 Å². The fourth-order valence-electron chi connectivity index (χ4n) is 6.57. The third-order valence-electron chi connectivity index (χ3n) is 8.46. The summed E-state index contributed by atoms with van der Waals surface area (Å²) in [6.45, 7) is 0. The SMILES string of the molecule is c1ccc(-n2c3ccc(-c4ccc(-c5ccc6ccc7cccc8ccc5c6c78)cc4)cc3c3cccnc32)nc1. The molecule has 41 heavy (non-hydrogen) atoms. The van der Waals surface area contributed by atoms with Crippen molar-refractivity contribution in [1.29, 1.82) is 0 Å². The maximum Gasteiger partial charge on any atom is 0.146 e. The molecule has 0 saturated heterocycles. The van der Waals surface area contributed by atoms with Gasteiger partial charge < -0.3 is 0 Å². The zero-order chi connectivity index (χ0) is 26.9. The van der Waals surface area contributed by atoms with Gasteiger partial charge in [-0.2, -0.15) is 0 Å². The van der Waals surface area contributed by atoms with Crippen molar-refractivity contribution in [3.05, 3.63) is 140 Å². The van der Waals surface area contributed by atoms with Gasteiger partial charge in [0.05, 0.1) is 5.52 Å². The maximum atomic E-state index is 4.72. The van der Waals surface area contributed by atoms with Crippen molar-refractivity contribution in [1.82, 2.24) is 14.5 Å². The fraction of sp³-hybridized carbons (Fsp3) is 0. The number of hydrogen-bond acceptors (Lipinski definition) is 2. The van der Waals surface area contributed by atoms with E-state index in [0.29, 0.717) is 0 Å². The van der Waals surface area contributed by atoms with Crippen molar-refractivity contribution in [2.45, 2.75) is 0 Å². The maximum absolute atomic E-state index is 4.72. The lowest BCUT2D eigenvalue weighted by Gasteiger charge is -2.14. The molecule has 0 saturated carbocycles. The van der Waals surface area contributed by atoms with Crippen LogP contribution in [0.5, 0.6) is 0 Å². The molecule has 0 bridgehead atoms. The number of hydrogen-bond donors (Lipinski definition) is 0. The molecule has 0 aliphatic rings. The lowest BCUT2D eigenvalue weighted by Crippen LogP contribution is -1.97. The van der Waals surface area contributed by atoms with E-state index in [0.717, 1.165) is 22.4 Å². The van der Waals surface area contributed by atoms with Crippen molar-refractivity contribution in [3.63, 3.8) is 0 Å². The standard InChI is InChI=1S/C38H23N3/c1-2-21-39-35(8-1)41-34-20-17-29(23-33(34)32-7-4-22-40-38(32)41)24-9-11-25(12-10-24)30-18-15-28-14-13-26-5-3-6-27-16-19-31(30)37(28)36(26)27/h1-23H. The highest BCUT2D eigenvalue weighted by Gasteiger charge is 2.15. The lowest BCUT2D eigenvalue weighted by molar-refractivity contribution is 1.06. The van der Waals surface area contributed by atoms with E-state index in [-0.39, 0.29) is 0 Å². The van der Waals surface area contributed by atoms with Crippen molar-refractivity contribution in [2.75, 3.05) is 0 Å². The Morgan fingerprint density at radius 3 is 2.00 bits per heavy atom. The monoisotopic (exact) mass is 521 g/mol. The topological polar surface area (TPSA) is 30.7 Å². The van der Waals surface area contributed by atoms with Crippen LogP contribution in [0.15, 0.2) is 140 Å². The number of benzene rings is 6. The van der Waals surface area contributed by atoms with E-state index < -0.39 is 0 Å². The first-order valence-electron chi connectivity index (χ1n) is 13.9. The van der Waals surface area contributed by atoms with Crippen LogP contribution in [0.2, 0.25) is 0 Å². The summed E-state index contributed by atoms with van der Waals surface area (Å²) in [6.07, 6.45) is 3.67. The molecular formula is C38H23N3. The van der Waals surface area contributed by atoms with Gasteiger partial charge in [-0.3, -0.25) is 4.57 Å². The fourth-order valence-corrected chi connectivity index (χ4v) is 6.57. The van der Waals surface area contributed by atoms with Crippen molar-refractivity contribution >= 4 is 54.3 Å². The highest BCUT2D eigenvalue weighted by molar-refractivity contribution is 6.25. The molecular weight excluding hydrogens is 498 g/mol. The number of aromatic nitrogens is 3. The third-order valence-corrected chi connectivity index (χ3v) is 8.46. The summed E-state index contributed by atoms with van der Waals surface area (Å²) in [6, 6.07) is 45.9. The second-order valence-electron chi connectivity index (χ2n) is 10.7. The van der Waals surface area contributed by atoms with Gasteiger partial charge in [0.2, 0.25) is 0 Å². The summed E-state index contributed by atoms with van der Waals surface area (Å²) in [7, 11) is 0. The molecule has 3 heterocycles. The Morgan fingerprint density at radius 1 is 0.439 bits per heavy atom. The lowest BCUT2D eigenvalue weighted by atomic mass is 9.89. The van der Waals surface area contributed by atoms with Gasteiger partial charge >= 0.3 is 0 Å². The predicted octanol–water partition coefficient (Wildman–Crippen LogP) is 9.81. The summed E-state index contributed by atoms with van der Waals surface area (Å²) in [5.74, 6) is 0.872. The van der Waals surface area contributed by atoms with Gasteiger partial charge in [-0.1, -0.05) is 91.0 Å². The molecule has 3 nitrogen and oxygen atoms in total. The first kappa shape index (κ1) is 22.3. The van der Waals surface area contributed by atoms with Gasteiger partial charge in [0.25, 0.3) is 0 Å². The van der Waals surface area contributed by atoms with Gasteiger partial charge in [0.1, 0.15) is 11.5 Å². The number of nitrogens with zero attached hydrogens (tertiary/aromatic N) is 3. The molecule has 190 valence electrons. The average molecular weight is 522 g/mol. The Labute approximate surface area is 236 Å². The van der Waals surface area contributed by atoms with Crippen molar-refractivity contribution in [2.24, 2.45) is 0 Å². The van der Waals surface area contributed by atoms with E-state index in [4.69, 9.17) is 4.98 Å². The van der Waals surface area contributed by atoms with Crippen LogP contribution in [-0.2, 0) is 0 Å². The first-order valence-corrected chi connectivity index (χ1v) is 13.9.